The lowest BCUT2D eigenvalue weighted by atomic mass is 10.1. The van der Waals surface area contributed by atoms with E-state index in [9.17, 15) is 0 Å². The molecule has 0 N–H and O–H groups in total. The summed E-state index contributed by atoms with van der Waals surface area (Å²) in [7, 11) is 0. The Bertz CT molecular complexity index is 631. The second kappa shape index (κ2) is 3.88. The molecule has 3 rings (SSSR count). The van der Waals surface area contributed by atoms with Crippen LogP contribution in [0.2, 0.25) is 0 Å². The van der Waals surface area contributed by atoms with Crippen LogP contribution in [0.4, 0.5) is 0 Å². The van der Waals surface area contributed by atoms with Gasteiger partial charge in [-0.15, -0.1) is 22.9 Å². The van der Waals surface area contributed by atoms with Gasteiger partial charge in [0.1, 0.15) is 10.5 Å². The first kappa shape index (κ1) is 9.81. The standard InChI is InChI=1S/C11H7ClN2OS/c12-4-11-14-9(5-16-11)7-1-2-8-10(3-7)15-6-13-8/h1-3,5-6H,4H2. The maximum absolute atomic E-state index is 5.72. The lowest BCUT2D eigenvalue weighted by molar-refractivity contribution is 0.602. The van der Waals surface area contributed by atoms with Crippen molar-refractivity contribution >= 4 is 34.0 Å². The topological polar surface area (TPSA) is 38.9 Å². The van der Waals surface area contributed by atoms with Crippen molar-refractivity contribution in [2.75, 3.05) is 0 Å². The molecule has 0 spiro atoms. The van der Waals surface area contributed by atoms with Gasteiger partial charge in [-0.1, -0.05) is 6.07 Å². The largest absolute Gasteiger partial charge is 0.443 e. The third kappa shape index (κ3) is 1.60. The number of alkyl halides is 1. The first-order chi connectivity index (χ1) is 7.86. The molecular weight excluding hydrogens is 244 g/mol. The summed E-state index contributed by atoms with van der Waals surface area (Å²) in [5.74, 6) is 0.454. The van der Waals surface area contributed by atoms with Crippen molar-refractivity contribution < 1.29 is 4.42 Å². The van der Waals surface area contributed by atoms with Gasteiger partial charge < -0.3 is 4.42 Å². The van der Waals surface area contributed by atoms with Crippen molar-refractivity contribution in [3.05, 3.63) is 35.0 Å². The van der Waals surface area contributed by atoms with Crippen LogP contribution in [0.15, 0.2) is 34.4 Å². The molecule has 0 saturated carbocycles. The van der Waals surface area contributed by atoms with Gasteiger partial charge in [0.25, 0.3) is 0 Å². The predicted octanol–water partition coefficient (Wildman–Crippen LogP) is 3.69. The molecule has 0 amide bonds. The molecule has 0 fully saturated rings. The Kier molecular flexibility index (Phi) is 2.38. The average molecular weight is 251 g/mol. The molecule has 0 aliphatic carbocycles. The number of nitrogens with zero attached hydrogens (tertiary/aromatic N) is 2. The van der Waals surface area contributed by atoms with Gasteiger partial charge in [-0.05, 0) is 12.1 Å². The normalized spacial score (nSPS) is 11.1. The molecule has 0 atom stereocenters. The second-order valence-electron chi connectivity index (χ2n) is 3.29. The summed E-state index contributed by atoms with van der Waals surface area (Å²) in [4.78, 5) is 8.48. The number of benzene rings is 1. The Morgan fingerprint density at radius 3 is 3.12 bits per heavy atom. The van der Waals surface area contributed by atoms with Crippen molar-refractivity contribution in [3.8, 4) is 11.3 Å². The molecule has 0 radical (unpaired) electrons. The molecule has 3 aromatic rings. The van der Waals surface area contributed by atoms with Gasteiger partial charge in [-0.25, -0.2) is 9.97 Å². The van der Waals surface area contributed by atoms with Crippen LogP contribution >= 0.6 is 22.9 Å². The Morgan fingerprint density at radius 2 is 2.31 bits per heavy atom. The Labute approximate surface area is 101 Å². The first-order valence-electron chi connectivity index (χ1n) is 4.71. The third-order valence-corrected chi connectivity index (χ3v) is 3.55. The lowest BCUT2D eigenvalue weighted by Crippen LogP contribution is -1.79. The highest BCUT2D eigenvalue weighted by Crippen LogP contribution is 2.25. The number of oxazole rings is 1. The summed E-state index contributed by atoms with van der Waals surface area (Å²) in [5, 5.41) is 2.92. The molecule has 5 heteroatoms. The highest BCUT2D eigenvalue weighted by atomic mass is 35.5. The summed E-state index contributed by atoms with van der Waals surface area (Å²) in [6.45, 7) is 0. The molecule has 0 aliphatic rings. The maximum atomic E-state index is 5.72. The molecule has 0 unspecified atom stereocenters. The van der Waals surface area contributed by atoms with Gasteiger partial charge >= 0.3 is 0 Å². The van der Waals surface area contributed by atoms with E-state index in [4.69, 9.17) is 16.0 Å². The van der Waals surface area contributed by atoms with Gasteiger partial charge in [0.15, 0.2) is 12.0 Å². The lowest BCUT2D eigenvalue weighted by Gasteiger charge is -1.95. The van der Waals surface area contributed by atoms with Gasteiger partial charge in [-0.2, -0.15) is 0 Å². The fourth-order valence-corrected chi connectivity index (χ4v) is 2.42. The summed E-state index contributed by atoms with van der Waals surface area (Å²) >= 11 is 7.29. The zero-order valence-electron chi connectivity index (χ0n) is 8.18. The molecule has 2 aromatic heterocycles. The fraction of sp³-hybridized carbons (Fsp3) is 0.0909. The molecule has 0 aliphatic heterocycles. The Balaban J connectivity index is 2.10. The predicted molar refractivity (Wildman–Crippen MR) is 64.7 cm³/mol. The second-order valence-corrected chi connectivity index (χ2v) is 4.50. The van der Waals surface area contributed by atoms with Crippen LogP contribution < -0.4 is 0 Å². The first-order valence-corrected chi connectivity index (χ1v) is 6.12. The van der Waals surface area contributed by atoms with E-state index < -0.39 is 0 Å². The van der Waals surface area contributed by atoms with Crippen LogP contribution in [0.1, 0.15) is 5.01 Å². The Morgan fingerprint density at radius 1 is 1.38 bits per heavy atom. The van der Waals surface area contributed by atoms with Gasteiger partial charge in [-0.3, -0.25) is 0 Å². The minimum atomic E-state index is 0.454. The molecule has 3 nitrogen and oxygen atoms in total. The van der Waals surface area contributed by atoms with E-state index in [2.05, 4.69) is 9.97 Å². The number of thiazole rings is 1. The zero-order chi connectivity index (χ0) is 11.0. The zero-order valence-corrected chi connectivity index (χ0v) is 9.76. The van der Waals surface area contributed by atoms with Crippen molar-refractivity contribution in [2.45, 2.75) is 5.88 Å². The number of aromatic nitrogens is 2. The van der Waals surface area contributed by atoms with E-state index in [0.29, 0.717) is 5.88 Å². The molecule has 80 valence electrons. The van der Waals surface area contributed by atoms with Crippen molar-refractivity contribution in [1.82, 2.24) is 9.97 Å². The van der Waals surface area contributed by atoms with E-state index >= 15 is 0 Å². The molecule has 0 saturated heterocycles. The average Bonchev–Trinajstić information content (AvgIpc) is 2.96. The van der Waals surface area contributed by atoms with Crippen LogP contribution in [0.5, 0.6) is 0 Å². The molecule has 16 heavy (non-hydrogen) atoms. The quantitative estimate of drug-likeness (QED) is 0.651. The van der Waals surface area contributed by atoms with E-state index in [1.54, 1.807) is 11.3 Å². The number of hydrogen-bond acceptors (Lipinski definition) is 4. The van der Waals surface area contributed by atoms with Crippen molar-refractivity contribution in [2.24, 2.45) is 0 Å². The van der Waals surface area contributed by atoms with Crippen LogP contribution in [0.3, 0.4) is 0 Å². The third-order valence-electron chi connectivity index (χ3n) is 2.29. The van der Waals surface area contributed by atoms with E-state index in [0.717, 1.165) is 27.4 Å². The SMILES string of the molecule is ClCc1nc(-c2ccc3ncoc3c2)cs1. The van der Waals surface area contributed by atoms with Gasteiger partial charge in [0.2, 0.25) is 0 Å². The number of rotatable bonds is 2. The summed E-state index contributed by atoms with van der Waals surface area (Å²) < 4.78 is 5.25. The molecule has 2 heterocycles. The highest BCUT2D eigenvalue weighted by Gasteiger charge is 2.06. The maximum Gasteiger partial charge on any atom is 0.181 e. The fourth-order valence-electron chi connectivity index (χ4n) is 1.52. The summed E-state index contributed by atoms with van der Waals surface area (Å²) in [5.41, 5.74) is 3.59. The summed E-state index contributed by atoms with van der Waals surface area (Å²) in [6, 6.07) is 5.85. The molecule has 1 aromatic carbocycles. The van der Waals surface area contributed by atoms with Crippen LogP contribution in [-0.2, 0) is 5.88 Å². The molecule has 0 bridgehead atoms. The monoisotopic (exact) mass is 250 g/mol. The van der Waals surface area contributed by atoms with Crippen LogP contribution in [-0.4, -0.2) is 9.97 Å². The minimum Gasteiger partial charge on any atom is -0.443 e. The van der Waals surface area contributed by atoms with Gasteiger partial charge in [0, 0.05) is 10.9 Å². The van der Waals surface area contributed by atoms with Crippen molar-refractivity contribution in [3.63, 3.8) is 0 Å². The van der Waals surface area contributed by atoms with E-state index in [1.165, 1.54) is 6.39 Å². The molecular formula is C11H7ClN2OS. The van der Waals surface area contributed by atoms with E-state index in [1.807, 2.05) is 23.6 Å². The highest BCUT2D eigenvalue weighted by molar-refractivity contribution is 7.10. The number of fused-ring (bicyclic) bond motifs is 1. The van der Waals surface area contributed by atoms with Crippen LogP contribution in [0.25, 0.3) is 22.4 Å². The number of hydrogen-bond donors (Lipinski definition) is 0. The van der Waals surface area contributed by atoms with Crippen LogP contribution in [0, 0.1) is 0 Å². The summed E-state index contributed by atoms with van der Waals surface area (Å²) in [6.07, 6.45) is 1.44. The number of halogens is 1. The Hall–Kier alpha value is -1.39. The van der Waals surface area contributed by atoms with Crippen molar-refractivity contribution in [1.29, 1.82) is 0 Å². The van der Waals surface area contributed by atoms with E-state index in [-0.39, 0.29) is 0 Å². The van der Waals surface area contributed by atoms with Gasteiger partial charge in [0.05, 0.1) is 11.6 Å². The smallest absolute Gasteiger partial charge is 0.181 e. The minimum absolute atomic E-state index is 0.454.